The van der Waals surface area contributed by atoms with Gasteiger partial charge < -0.3 is 15.1 Å². The van der Waals surface area contributed by atoms with Crippen molar-refractivity contribution in [3.8, 4) is 0 Å². The lowest BCUT2D eigenvalue weighted by Crippen LogP contribution is -2.46. The zero-order valence-electron chi connectivity index (χ0n) is 14.9. The summed E-state index contributed by atoms with van der Waals surface area (Å²) in [5.41, 5.74) is 1.08. The topological polar surface area (TPSA) is 65.5 Å². The Labute approximate surface area is 144 Å². The van der Waals surface area contributed by atoms with E-state index in [9.17, 15) is 9.59 Å². The summed E-state index contributed by atoms with van der Waals surface area (Å²) in [4.78, 5) is 31.8. The number of carbonyl (C=O) groups excluding carboxylic acids is 2. The van der Waals surface area contributed by atoms with Crippen LogP contribution in [0.5, 0.6) is 0 Å². The average Bonchev–Trinajstić information content (AvgIpc) is 2.60. The minimum absolute atomic E-state index is 0.00791. The first-order valence-electron chi connectivity index (χ1n) is 8.66. The van der Waals surface area contributed by atoms with Crippen molar-refractivity contribution in [2.45, 2.75) is 38.6 Å². The fraction of sp³-hybridized carbons (Fsp3) is 0.611. The number of aromatic nitrogens is 1. The molecule has 1 atom stereocenters. The normalized spacial score (nSPS) is 16.5. The molecule has 0 aliphatic carbocycles. The Morgan fingerprint density at radius 1 is 1.29 bits per heavy atom. The van der Waals surface area contributed by atoms with E-state index >= 15 is 0 Å². The molecule has 6 heteroatoms. The minimum Gasteiger partial charge on any atom is -0.349 e. The van der Waals surface area contributed by atoms with Gasteiger partial charge in [-0.15, -0.1) is 0 Å². The lowest BCUT2D eigenvalue weighted by Gasteiger charge is -2.33. The molecule has 0 aromatic carbocycles. The van der Waals surface area contributed by atoms with E-state index in [1.807, 2.05) is 17.0 Å². The Morgan fingerprint density at radius 2 is 1.92 bits per heavy atom. The fourth-order valence-electron chi connectivity index (χ4n) is 3.03. The van der Waals surface area contributed by atoms with Gasteiger partial charge in [-0.05, 0) is 42.9 Å². The number of rotatable bonds is 5. The summed E-state index contributed by atoms with van der Waals surface area (Å²) >= 11 is 0. The Kier molecular flexibility index (Phi) is 6.58. The molecular weight excluding hydrogens is 304 g/mol. The van der Waals surface area contributed by atoms with Crippen LogP contribution in [0.2, 0.25) is 0 Å². The molecule has 6 nitrogen and oxygen atoms in total. The Bertz CT molecular complexity index is 539. The van der Waals surface area contributed by atoms with Crippen molar-refractivity contribution in [3.63, 3.8) is 0 Å². The maximum atomic E-state index is 12.5. The first-order chi connectivity index (χ1) is 11.5. The van der Waals surface area contributed by atoms with Crippen LogP contribution in [0, 0.1) is 5.92 Å². The number of nitrogens with one attached hydrogen (secondary N) is 1. The highest BCUT2D eigenvalue weighted by molar-refractivity contribution is 5.76. The van der Waals surface area contributed by atoms with Gasteiger partial charge in [0.2, 0.25) is 5.91 Å². The zero-order valence-corrected chi connectivity index (χ0v) is 14.9. The van der Waals surface area contributed by atoms with Gasteiger partial charge in [0.05, 0.1) is 6.04 Å². The number of hydrogen-bond acceptors (Lipinski definition) is 3. The van der Waals surface area contributed by atoms with Crippen LogP contribution in [0.15, 0.2) is 24.5 Å². The van der Waals surface area contributed by atoms with Crippen molar-refractivity contribution in [1.82, 2.24) is 20.1 Å². The Hall–Kier alpha value is -2.11. The van der Waals surface area contributed by atoms with Gasteiger partial charge in [0.15, 0.2) is 0 Å². The van der Waals surface area contributed by atoms with Gasteiger partial charge in [0.25, 0.3) is 0 Å². The maximum Gasteiger partial charge on any atom is 0.317 e. The van der Waals surface area contributed by atoms with Crippen LogP contribution in [0.3, 0.4) is 0 Å². The lowest BCUT2D eigenvalue weighted by molar-refractivity contribution is -0.129. The summed E-state index contributed by atoms with van der Waals surface area (Å²) in [5, 5.41) is 3.11. The molecule has 1 aromatic rings. The molecule has 0 unspecified atom stereocenters. The highest BCUT2D eigenvalue weighted by Crippen LogP contribution is 2.22. The number of pyridine rings is 1. The second kappa shape index (κ2) is 8.66. The number of likely N-dealkylation sites (tertiary alicyclic amines) is 1. The molecular formula is C18H28N4O2. The second-order valence-corrected chi connectivity index (χ2v) is 6.61. The van der Waals surface area contributed by atoms with Crippen LogP contribution in [0.25, 0.3) is 0 Å². The number of nitrogens with zero attached hydrogens (tertiary/aromatic N) is 3. The van der Waals surface area contributed by atoms with E-state index in [-0.39, 0.29) is 18.0 Å². The lowest BCUT2D eigenvalue weighted by atomic mass is 9.93. The molecule has 0 radical (unpaired) electrons. The van der Waals surface area contributed by atoms with E-state index < -0.39 is 0 Å². The molecule has 2 heterocycles. The monoisotopic (exact) mass is 332 g/mol. The van der Waals surface area contributed by atoms with Crippen molar-refractivity contribution in [3.05, 3.63) is 30.1 Å². The van der Waals surface area contributed by atoms with Crippen molar-refractivity contribution in [1.29, 1.82) is 0 Å². The van der Waals surface area contributed by atoms with Gasteiger partial charge in [-0.25, -0.2) is 4.79 Å². The molecule has 0 bridgehead atoms. The standard InChI is InChI=1S/C18H28N4O2/c1-4-16(15-5-9-19-10-6-15)20-18(24)22-11-7-14(8-12-22)13-17(23)21(2)3/h5-6,9-10,14,16H,4,7-8,11-13H2,1-3H3,(H,20,24)/t16-/m1/s1. The third kappa shape index (κ3) is 4.94. The van der Waals surface area contributed by atoms with Crippen molar-refractivity contribution < 1.29 is 9.59 Å². The molecule has 1 aliphatic heterocycles. The average molecular weight is 332 g/mol. The Morgan fingerprint density at radius 3 is 2.46 bits per heavy atom. The number of amides is 3. The van der Waals surface area contributed by atoms with Crippen LogP contribution < -0.4 is 5.32 Å². The van der Waals surface area contributed by atoms with Gasteiger partial charge >= 0.3 is 6.03 Å². The number of piperidine rings is 1. The molecule has 1 fully saturated rings. The Balaban J connectivity index is 1.83. The maximum absolute atomic E-state index is 12.5. The summed E-state index contributed by atoms with van der Waals surface area (Å²) < 4.78 is 0. The van der Waals surface area contributed by atoms with Gasteiger partial charge in [-0.1, -0.05) is 6.92 Å². The highest BCUT2D eigenvalue weighted by Gasteiger charge is 2.26. The molecule has 1 N–H and O–H groups in total. The van der Waals surface area contributed by atoms with Crippen LogP contribution >= 0.6 is 0 Å². The molecule has 1 aliphatic rings. The SMILES string of the molecule is CC[C@@H](NC(=O)N1CCC(CC(=O)N(C)C)CC1)c1ccncc1. The van der Waals surface area contributed by atoms with Gasteiger partial charge in [0.1, 0.15) is 0 Å². The first-order valence-corrected chi connectivity index (χ1v) is 8.66. The number of urea groups is 1. The number of carbonyl (C=O) groups is 2. The van der Waals surface area contributed by atoms with Gasteiger partial charge in [0, 0.05) is 46.0 Å². The number of hydrogen-bond donors (Lipinski definition) is 1. The van der Waals surface area contributed by atoms with E-state index in [1.165, 1.54) is 0 Å². The van der Waals surface area contributed by atoms with E-state index in [0.717, 1.165) is 24.8 Å². The molecule has 0 saturated carbocycles. The first kappa shape index (κ1) is 18.2. The summed E-state index contributed by atoms with van der Waals surface area (Å²) in [6.07, 6.45) is 6.69. The predicted molar refractivity (Wildman–Crippen MR) is 93.4 cm³/mol. The van der Waals surface area contributed by atoms with E-state index in [0.29, 0.717) is 25.4 Å². The molecule has 3 amide bonds. The molecule has 0 spiro atoms. The quantitative estimate of drug-likeness (QED) is 0.900. The van der Waals surface area contributed by atoms with E-state index in [4.69, 9.17) is 0 Å². The van der Waals surface area contributed by atoms with E-state index in [1.54, 1.807) is 31.4 Å². The smallest absolute Gasteiger partial charge is 0.317 e. The van der Waals surface area contributed by atoms with Gasteiger partial charge in [-0.2, -0.15) is 0 Å². The third-order valence-electron chi connectivity index (χ3n) is 4.68. The van der Waals surface area contributed by atoms with Crippen molar-refractivity contribution >= 4 is 11.9 Å². The highest BCUT2D eigenvalue weighted by atomic mass is 16.2. The largest absolute Gasteiger partial charge is 0.349 e. The van der Waals surface area contributed by atoms with E-state index in [2.05, 4.69) is 17.2 Å². The summed E-state index contributed by atoms with van der Waals surface area (Å²) in [6, 6.07) is 3.87. The molecule has 2 rings (SSSR count). The molecule has 24 heavy (non-hydrogen) atoms. The summed E-state index contributed by atoms with van der Waals surface area (Å²) in [5.74, 6) is 0.549. The molecule has 1 saturated heterocycles. The van der Waals surface area contributed by atoms with Crippen LogP contribution in [-0.2, 0) is 4.79 Å². The predicted octanol–water partition coefficient (Wildman–Crippen LogP) is 2.43. The molecule has 132 valence electrons. The summed E-state index contributed by atoms with van der Waals surface area (Å²) in [7, 11) is 3.57. The third-order valence-corrected chi connectivity index (χ3v) is 4.68. The second-order valence-electron chi connectivity index (χ2n) is 6.61. The molecule has 1 aromatic heterocycles. The summed E-state index contributed by atoms with van der Waals surface area (Å²) in [6.45, 7) is 3.48. The minimum atomic E-state index is -0.0175. The van der Waals surface area contributed by atoms with Crippen LogP contribution in [0.4, 0.5) is 4.79 Å². The van der Waals surface area contributed by atoms with Crippen LogP contribution in [-0.4, -0.2) is 53.9 Å². The van der Waals surface area contributed by atoms with Crippen molar-refractivity contribution in [2.24, 2.45) is 5.92 Å². The van der Waals surface area contributed by atoms with Gasteiger partial charge in [-0.3, -0.25) is 9.78 Å². The fourth-order valence-corrected chi connectivity index (χ4v) is 3.03. The van der Waals surface area contributed by atoms with Crippen LogP contribution in [0.1, 0.15) is 44.2 Å². The van der Waals surface area contributed by atoms with Crippen molar-refractivity contribution in [2.75, 3.05) is 27.2 Å². The zero-order chi connectivity index (χ0) is 17.5.